The molecule has 28 heavy (non-hydrogen) atoms. The average molecular weight is 420 g/mol. The molecule has 2 heterocycles. The van der Waals surface area contributed by atoms with Gasteiger partial charge in [-0.2, -0.15) is 9.57 Å². The molecule has 7 nitrogen and oxygen atoms in total. The first kappa shape index (κ1) is 20.5. The van der Waals surface area contributed by atoms with Crippen LogP contribution >= 0.6 is 11.3 Å². The second-order valence-corrected chi connectivity index (χ2v) is 9.63. The maximum atomic E-state index is 12.9. The van der Waals surface area contributed by atoms with Crippen molar-refractivity contribution in [1.82, 2.24) is 9.62 Å². The predicted octanol–water partition coefficient (Wildman–Crippen LogP) is 0.386. The number of rotatable bonds is 6. The third-order valence-electron chi connectivity index (χ3n) is 4.81. The number of nitrogens with zero attached hydrogens (tertiary/aromatic N) is 2. The maximum absolute atomic E-state index is 12.9. The predicted molar refractivity (Wildman–Crippen MR) is 106 cm³/mol. The molecule has 9 heteroatoms. The smallest absolute Gasteiger partial charge is 0.275 e. The Morgan fingerprint density at radius 2 is 2.00 bits per heavy atom. The number of hydrogen-bond acceptors (Lipinski definition) is 5. The summed E-state index contributed by atoms with van der Waals surface area (Å²) in [5, 5.41) is 14.2. The maximum Gasteiger partial charge on any atom is 0.275 e. The monoisotopic (exact) mass is 419 g/mol. The van der Waals surface area contributed by atoms with Crippen molar-refractivity contribution >= 4 is 27.3 Å². The summed E-state index contributed by atoms with van der Waals surface area (Å²) >= 11 is 1.61. The van der Waals surface area contributed by atoms with Gasteiger partial charge in [0.25, 0.3) is 5.91 Å². The molecule has 2 N–H and O–H groups in total. The van der Waals surface area contributed by atoms with Crippen LogP contribution in [0.5, 0.6) is 0 Å². The van der Waals surface area contributed by atoms with Crippen LogP contribution in [0.15, 0.2) is 46.7 Å². The van der Waals surface area contributed by atoms with Gasteiger partial charge in [0.05, 0.1) is 42.7 Å². The highest BCUT2D eigenvalue weighted by Gasteiger charge is 2.32. The van der Waals surface area contributed by atoms with Gasteiger partial charge in [-0.25, -0.2) is 8.42 Å². The van der Waals surface area contributed by atoms with Crippen molar-refractivity contribution in [2.45, 2.75) is 17.9 Å². The zero-order valence-corrected chi connectivity index (χ0v) is 17.2. The van der Waals surface area contributed by atoms with Crippen molar-refractivity contribution < 1.29 is 18.1 Å². The zero-order chi connectivity index (χ0) is 20.1. The summed E-state index contributed by atoms with van der Waals surface area (Å²) in [7, 11) is -3.71. The molecule has 1 saturated heterocycles. The Labute approximate surface area is 169 Å². The van der Waals surface area contributed by atoms with Crippen molar-refractivity contribution in [2.75, 3.05) is 32.7 Å². The lowest BCUT2D eigenvalue weighted by Gasteiger charge is -2.31. The summed E-state index contributed by atoms with van der Waals surface area (Å²) in [6, 6.07) is 12.1. The Bertz CT molecular complexity index is 959. The van der Waals surface area contributed by atoms with Crippen LogP contribution in [0.2, 0.25) is 0 Å². The quantitative estimate of drug-likeness (QED) is 0.708. The lowest BCUT2D eigenvalue weighted by Crippen LogP contribution is -3.15. The van der Waals surface area contributed by atoms with Crippen LogP contribution < -0.4 is 10.2 Å². The van der Waals surface area contributed by atoms with Crippen LogP contribution in [0.3, 0.4) is 0 Å². The molecule has 0 aliphatic carbocycles. The van der Waals surface area contributed by atoms with E-state index in [4.69, 9.17) is 0 Å². The Kier molecular flexibility index (Phi) is 6.46. The topological polar surface area (TPSA) is 94.7 Å². The van der Waals surface area contributed by atoms with Crippen molar-refractivity contribution in [3.05, 3.63) is 52.2 Å². The number of benzene rings is 1. The molecule has 1 amide bonds. The van der Waals surface area contributed by atoms with Gasteiger partial charge in [0.15, 0.2) is 6.54 Å². The normalized spacial score (nSPS) is 17.0. The van der Waals surface area contributed by atoms with Gasteiger partial charge in [-0.3, -0.25) is 4.79 Å². The van der Waals surface area contributed by atoms with E-state index < -0.39 is 10.0 Å². The first-order chi connectivity index (χ1) is 13.4. The molecule has 0 radical (unpaired) electrons. The van der Waals surface area contributed by atoms with Gasteiger partial charge in [-0.05, 0) is 30.5 Å². The number of sulfonamides is 1. The summed E-state index contributed by atoms with van der Waals surface area (Å²) in [6.07, 6.45) is 0. The van der Waals surface area contributed by atoms with E-state index in [9.17, 15) is 18.5 Å². The van der Waals surface area contributed by atoms with E-state index in [-0.39, 0.29) is 22.4 Å². The Morgan fingerprint density at radius 1 is 1.29 bits per heavy atom. The number of nitrogens with one attached hydrogen (secondary N) is 2. The summed E-state index contributed by atoms with van der Waals surface area (Å²) in [5.41, 5.74) is 0.152. The third kappa shape index (κ3) is 4.59. The van der Waals surface area contributed by atoms with Gasteiger partial charge >= 0.3 is 0 Å². The molecule has 1 aliphatic heterocycles. The van der Waals surface area contributed by atoms with Crippen LogP contribution in [-0.4, -0.2) is 51.4 Å². The van der Waals surface area contributed by atoms with Gasteiger partial charge in [-0.1, -0.05) is 18.2 Å². The van der Waals surface area contributed by atoms with Gasteiger partial charge in [0, 0.05) is 4.88 Å². The van der Waals surface area contributed by atoms with Gasteiger partial charge in [0.2, 0.25) is 10.0 Å². The molecule has 3 rings (SSSR count). The number of hydrogen-bond donors (Lipinski definition) is 2. The highest BCUT2D eigenvalue weighted by atomic mass is 32.2. The number of amides is 1. The lowest BCUT2D eigenvalue weighted by molar-refractivity contribution is -0.895. The highest BCUT2D eigenvalue weighted by Crippen LogP contribution is 2.20. The van der Waals surface area contributed by atoms with E-state index in [0.29, 0.717) is 32.7 Å². The number of nitriles is 1. The fourth-order valence-electron chi connectivity index (χ4n) is 3.27. The van der Waals surface area contributed by atoms with E-state index in [1.807, 2.05) is 30.5 Å². The molecule has 0 bridgehead atoms. The van der Waals surface area contributed by atoms with E-state index in [2.05, 4.69) is 5.32 Å². The SMILES string of the molecule is C[C@@H](NC(=O)C[NH+]1CCN(S(=O)(=O)c2ccccc2C#N)CC1)c1cccs1. The minimum absolute atomic E-state index is 0.0314. The molecular formula is C19H23N4O3S2+. The third-order valence-corrected chi connectivity index (χ3v) is 7.82. The second kappa shape index (κ2) is 8.84. The Balaban J connectivity index is 1.55. The van der Waals surface area contributed by atoms with E-state index in [0.717, 1.165) is 9.78 Å². The van der Waals surface area contributed by atoms with E-state index >= 15 is 0 Å². The lowest BCUT2D eigenvalue weighted by atomic mass is 10.2. The molecule has 0 unspecified atom stereocenters. The Morgan fingerprint density at radius 3 is 2.64 bits per heavy atom. The van der Waals surface area contributed by atoms with Crippen molar-refractivity contribution in [3.63, 3.8) is 0 Å². The number of quaternary nitrogens is 1. The number of thiophene rings is 1. The van der Waals surface area contributed by atoms with Crippen molar-refractivity contribution in [3.8, 4) is 6.07 Å². The molecule has 2 aromatic rings. The van der Waals surface area contributed by atoms with Crippen LogP contribution in [0, 0.1) is 11.3 Å². The standard InChI is InChI=1S/C19H22N4O3S2/c1-15(17-6-4-12-27-17)21-19(24)14-22-8-10-23(11-9-22)28(25,26)18-7-3-2-5-16(18)13-20/h2-7,12,15H,8-11,14H2,1H3,(H,21,24)/p+1/t15-/m1/s1. The van der Waals surface area contributed by atoms with E-state index in [1.54, 1.807) is 23.5 Å². The van der Waals surface area contributed by atoms with Gasteiger partial charge in [0.1, 0.15) is 6.07 Å². The van der Waals surface area contributed by atoms with Crippen LogP contribution in [0.25, 0.3) is 0 Å². The largest absolute Gasteiger partial charge is 0.344 e. The van der Waals surface area contributed by atoms with Crippen molar-refractivity contribution in [1.29, 1.82) is 5.26 Å². The molecule has 0 saturated carbocycles. The minimum atomic E-state index is -3.71. The summed E-state index contributed by atoms with van der Waals surface area (Å²) in [5.74, 6) is -0.0398. The highest BCUT2D eigenvalue weighted by molar-refractivity contribution is 7.89. The molecule has 0 spiro atoms. The van der Waals surface area contributed by atoms with Gasteiger partial charge in [-0.15, -0.1) is 11.3 Å². The molecule has 148 valence electrons. The van der Waals surface area contributed by atoms with Crippen LogP contribution in [-0.2, 0) is 14.8 Å². The molecule has 1 aliphatic rings. The summed E-state index contributed by atoms with van der Waals surface area (Å²) in [4.78, 5) is 14.5. The summed E-state index contributed by atoms with van der Waals surface area (Å²) < 4.78 is 27.1. The fourth-order valence-corrected chi connectivity index (χ4v) is 5.59. The number of carbonyl (C=O) groups excluding carboxylic acids is 1. The van der Waals surface area contributed by atoms with Crippen LogP contribution in [0.1, 0.15) is 23.4 Å². The fraction of sp³-hybridized carbons (Fsp3) is 0.368. The molecule has 1 aromatic carbocycles. The number of piperazine rings is 1. The first-order valence-corrected chi connectivity index (χ1v) is 11.4. The molecule has 1 aromatic heterocycles. The summed E-state index contributed by atoms with van der Waals surface area (Å²) in [6.45, 7) is 4.02. The van der Waals surface area contributed by atoms with E-state index in [1.165, 1.54) is 16.4 Å². The molecule has 1 fully saturated rings. The van der Waals surface area contributed by atoms with Crippen molar-refractivity contribution in [2.24, 2.45) is 0 Å². The number of carbonyl (C=O) groups is 1. The molecular weight excluding hydrogens is 396 g/mol. The first-order valence-electron chi connectivity index (χ1n) is 9.07. The minimum Gasteiger partial charge on any atom is -0.344 e. The second-order valence-electron chi connectivity index (χ2n) is 6.74. The molecule has 1 atom stereocenters. The average Bonchev–Trinajstić information content (AvgIpc) is 3.23. The van der Waals surface area contributed by atoms with Gasteiger partial charge < -0.3 is 10.2 Å². The Hall–Kier alpha value is -2.25. The van der Waals surface area contributed by atoms with Crippen LogP contribution in [0.4, 0.5) is 0 Å². The zero-order valence-electron chi connectivity index (χ0n) is 15.6.